The maximum Gasteiger partial charge on any atom is 0.416 e. The van der Waals surface area contributed by atoms with E-state index in [9.17, 15) is 31.6 Å². The van der Waals surface area contributed by atoms with Gasteiger partial charge in [-0.15, -0.1) is 0 Å². The van der Waals surface area contributed by atoms with E-state index in [2.05, 4.69) is 63.7 Å². The van der Waals surface area contributed by atoms with E-state index >= 15 is 0 Å². The van der Waals surface area contributed by atoms with Crippen molar-refractivity contribution in [2.45, 2.75) is 12.4 Å². The first-order chi connectivity index (χ1) is 35.9. The van der Waals surface area contributed by atoms with Crippen LogP contribution in [0.5, 0.6) is 0 Å². The highest BCUT2D eigenvalue weighted by Crippen LogP contribution is 2.46. The van der Waals surface area contributed by atoms with Gasteiger partial charge in [0.1, 0.15) is 11.6 Å². The number of alkyl halides is 6. The lowest BCUT2D eigenvalue weighted by Gasteiger charge is -2.20. The maximum absolute atomic E-state index is 14.8. The second-order valence-corrected chi connectivity index (χ2v) is 18.7. The summed E-state index contributed by atoms with van der Waals surface area (Å²) in [4.78, 5) is 0. The normalized spacial score (nSPS) is 12.4. The van der Waals surface area contributed by atoms with Gasteiger partial charge in [0.15, 0.2) is 0 Å². The molecule has 14 aromatic rings. The molecule has 4 aromatic heterocycles. The van der Waals surface area contributed by atoms with Gasteiger partial charge in [0.2, 0.25) is 0 Å². The van der Waals surface area contributed by atoms with Crippen LogP contribution >= 0.6 is 0 Å². The highest BCUT2D eigenvalue weighted by atomic mass is 19.4. The number of nitriles is 1. The summed E-state index contributed by atoms with van der Waals surface area (Å²) in [6, 6.07) is 67.2. The average molecular weight is 976 g/mol. The molecule has 0 radical (unpaired) electrons. The Morgan fingerprint density at radius 3 is 0.959 bits per heavy atom. The van der Waals surface area contributed by atoms with Crippen LogP contribution in [0, 0.1) is 11.3 Å². The van der Waals surface area contributed by atoms with Crippen LogP contribution in [0.2, 0.25) is 0 Å². The van der Waals surface area contributed by atoms with Crippen LogP contribution in [0.25, 0.3) is 121 Å². The van der Waals surface area contributed by atoms with E-state index in [1.54, 1.807) is 12.1 Å². The molecule has 4 heterocycles. The zero-order valence-corrected chi connectivity index (χ0v) is 38.7. The Morgan fingerprint density at radius 1 is 0.297 bits per heavy atom. The van der Waals surface area contributed by atoms with Crippen LogP contribution in [-0.2, 0) is 12.4 Å². The number of hydrogen-bond donors (Lipinski definition) is 0. The Morgan fingerprint density at radius 2 is 0.608 bits per heavy atom. The van der Waals surface area contributed by atoms with E-state index in [0.717, 1.165) is 88.7 Å². The average Bonchev–Trinajstić information content (AvgIpc) is 4.13. The number of aromatic nitrogens is 4. The molecule has 354 valence electrons. The minimum Gasteiger partial charge on any atom is -0.309 e. The van der Waals surface area contributed by atoms with Crippen molar-refractivity contribution in [3.63, 3.8) is 0 Å². The van der Waals surface area contributed by atoms with E-state index in [-0.39, 0.29) is 34.1 Å². The van der Waals surface area contributed by atoms with Crippen LogP contribution < -0.4 is 0 Å². The summed E-state index contributed by atoms with van der Waals surface area (Å²) in [5.74, 6) is 0. The lowest BCUT2D eigenvalue weighted by Crippen LogP contribution is -2.11. The van der Waals surface area contributed by atoms with E-state index in [4.69, 9.17) is 0 Å². The topological polar surface area (TPSA) is 43.5 Å². The number of halogens is 6. The van der Waals surface area contributed by atoms with Gasteiger partial charge in [-0.25, -0.2) is 0 Å². The van der Waals surface area contributed by atoms with E-state index in [1.165, 1.54) is 0 Å². The van der Waals surface area contributed by atoms with Crippen LogP contribution in [0.15, 0.2) is 212 Å². The molecule has 0 aliphatic rings. The van der Waals surface area contributed by atoms with Crippen molar-refractivity contribution in [1.29, 1.82) is 5.26 Å². The largest absolute Gasteiger partial charge is 0.416 e. The van der Waals surface area contributed by atoms with Crippen LogP contribution in [-0.4, -0.2) is 18.3 Å². The maximum atomic E-state index is 14.8. The fourth-order valence-electron chi connectivity index (χ4n) is 11.5. The van der Waals surface area contributed by atoms with Crippen molar-refractivity contribution in [2.24, 2.45) is 0 Å². The third kappa shape index (κ3) is 6.37. The summed E-state index contributed by atoms with van der Waals surface area (Å²) >= 11 is 0. The Kier molecular flexibility index (Phi) is 9.20. The monoisotopic (exact) mass is 975 g/mol. The van der Waals surface area contributed by atoms with Crippen molar-refractivity contribution in [3.05, 3.63) is 229 Å². The van der Waals surface area contributed by atoms with Gasteiger partial charge in [-0.05, 0) is 114 Å². The fraction of sp³-hybridized carbons (Fsp3) is 0.0317. The van der Waals surface area contributed by atoms with Gasteiger partial charge < -0.3 is 18.3 Å². The fourth-order valence-corrected chi connectivity index (χ4v) is 11.5. The highest BCUT2D eigenvalue weighted by Gasteiger charge is 2.37. The van der Waals surface area contributed by atoms with Crippen LogP contribution in [0.1, 0.15) is 16.7 Å². The van der Waals surface area contributed by atoms with Gasteiger partial charge in [0.25, 0.3) is 0 Å². The second-order valence-electron chi connectivity index (χ2n) is 18.7. The van der Waals surface area contributed by atoms with Gasteiger partial charge in [0.05, 0.1) is 66.6 Å². The number of benzene rings is 10. The lowest BCUT2D eigenvalue weighted by atomic mass is 9.96. The zero-order valence-electron chi connectivity index (χ0n) is 38.7. The molecule has 11 heteroatoms. The molecule has 0 aliphatic carbocycles. The SMILES string of the molecule is N#Cc1c(-n2c3ccccc3c3cc4c5ccccc5n(-c5ccccc5)c4cc32)cc(-c2cc(C(F)(F)F)cc(C(F)(F)F)c2)cc1-n1c2ccccc2c2cc3c4ccccc4n(-c4ccccc4)c3cc21. The van der Waals surface area contributed by atoms with Crippen molar-refractivity contribution >= 4 is 87.2 Å². The van der Waals surface area contributed by atoms with E-state index < -0.39 is 23.5 Å². The van der Waals surface area contributed by atoms with Gasteiger partial charge in [-0.2, -0.15) is 31.6 Å². The molecule has 0 spiro atoms. The number of rotatable bonds is 5. The molecule has 0 bridgehead atoms. The zero-order chi connectivity index (χ0) is 50.2. The number of para-hydroxylation sites is 6. The number of fused-ring (bicyclic) bond motifs is 12. The molecule has 0 N–H and O–H groups in total. The van der Waals surface area contributed by atoms with Gasteiger partial charge >= 0.3 is 12.4 Å². The lowest BCUT2D eigenvalue weighted by molar-refractivity contribution is -0.143. The minimum absolute atomic E-state index is 0.0430. The highest BCUT2D eigenvalue weighted by molar-refractivity contribution is 6.21. The number of hydrogen-bond acceptors (Lipinski definition) is 1. The quantitative estimate of drug-likeness (QED) is 0.159. The second kappa shape index (κ2) is 15.7. The molecule has 0 aliphatic heterocycles. The Bertz CT molecular complexity index is 4410. The Balaban J connectivity index is 1.15. The molecule has 0 unspecified atom stereocenters. The first kappa shape index (κ1) is 43.3. The molecule has 5 nitrogen and oxygen atoms in total. The van der Waals surface area contributed by atoms with Gasteiger partial charge in [0, 0.05) is 54.5 Å². The van der Waals surface area contributed by atoms with Crippen LogP contribution in [0.3, 0.4) is 0 Å². The molecule has 14 rings (SSSR count). The Labute approximate surface area is 416 Å². The van der Waals surface area contributed by atoms with Gasteiger partial charge in [-0.3, -0.25) is 0 Å². The van der Waals surface area contributed by atoms with Crippen LogP contribution in [0.4, 0.5) is 26.3 Å². The van der Waals surface area contributed by atoms with Crippen molar-refractivity contribution < 1.29 is 26.3 Å². The summed E-state index contributed by atoms with van der Waals surface area (Å²) < 4.78 is 96.8. The summed E-state index contributed by atoms with van der Waals surface area (Å²) in [6.45, 7) is 0. The van der Waals surface area contributed by atoms with Crippen molar-refractivity contribution in [3.8, 4) is 39.9 Å². The standard InChI is InChI=1S/C63H35F6N5/c64-62(65,66)39-27-37(28-40(31-39)63(67,68)69)38-29-56(73-54-25-13-9-21-45(54)49-32-47-43-19-7-11-23-52(43)71(58(47)34-60(49)73)41-15-3-1-4-16-41)51(36-70)57(30-38)74-55-26-14-10-22-46(55)50-33-48-44-20-8-12-24-53(44)72(59(48)35-61(50)74)42-17-5-2-6-18-42/h1-35H. The molecule has 0 atom stereocenters. The Hall–Kier alpha value is -9.53. The third-order valence-electron chi connectivity index (χ3n) is 14.6. The summed E-state index contributed by atoms with van der Waals surface area (Å²) in [6.07, 6.45) is -10.2. The predicted octanol–water partition coefficient (Wildman–Crippen LogP) is 17.7. The molecule has 10 aromatic carbocycles. The smallest absolute Gasteiger partial charge is 0.309 e. The van der Waals surface area contributed by atoms with Crippen molar-refractivity contribution in [1.82, 2.24) is 18.3 Å². The van der Waals surface area contributed by atoms with Crippen molar-refractivity contribution in [2.75, 3.05) is 0 Å². The first-order valence-corrected chi connectivity index (χ1v) is 23.9. The summed E-state index contributed by atoms with van der Waals surface area (Å²) in [7, 11) is 0. The van der Waals surface area contributed by atoms with E-state index in [1.807, 2.05) is 143 Å². The summed E-state index contributed by atoms with van der Waals surface area (Å²) in [5, 5.41) is 19.1. The molecule has 0 saturated carbocycles. The first-order valence-electron chi connectivity index (χ1n) is 23.9. The molecule has 74 heavy (non-hydrogen) atoms. The predicted molar refractivity (Wildman–Crippen MR) is 284 cm³/mol. The molecular weight excluding hydrogens is 941 g/mol. The molecule has 0 saturated heterocycles. The third-order valence-corrected chi connectivity index (χ3v) is 14.6. The summed E-state index contributed by atoms with van der Waals surface area (Å²) in [5.41, 5.74) is 5.71. The minimum atomic E-state index is -5.11. The number of nitrogens with zero attached hydrogens (tertiary/aromatic N) is 5. The van der Waals surface area contributed by atoms with E-state index in [0.29, 0.717) is 22.1 Å². The van der Waals surface area contributed by atoms with Gasteiger partial charge in [-0.1, -0.05) is 109 Å². The molecule has 0 amide bonds. The molecular formula is C63H35F6N5. The molecule has 0 fully saturated rings.